The first-order valence-corrected chi connectivity index (χ1v) is 9.35. The molecule has 0 saturated heterocycles. The second kappa shape index (κ2) is 9.23. The minimum atomic E-state index is 0. The molecule has 0 aliphatic heterocycles. The van der Waals surface area contributed by atoms with Crippen LogP contribution in [0.2, 0.25) is 0 Å². The third-order valence-electron chi connectivity index (χ3n) is 4.96. The smallest absolute Gasteiger partial charge is 0.0991 e. The highest BCUT2D eigenvalue weighted by Gasteiger charge is 2.06. The quantitative estimate of drug-likeness (QED) is 0.426. The first kappa shape index (κ1) is 20.4. The van der Waals surface area contributed by atoms with E-state index in [0.29, 0.717) is 5.56 Å². The molecule has 144 valence electrons. The van der Waals surface area contributed by atoms with Crippen LogP contribution in [0.25, 0.3) is 11.1 Å². The summed E-state index contributed by atoms with van der Waals surface area (Å²) in [6.07, 6.45) is 4.60. The Morgan fingerprint density at radius 3 is 2.03 bits per heavy atom. The molecule has 4 aromatic rings. The molecule has 0 atom stereocenters. The molecule has 0 saturated carbocycles. The number of halogens is 1. The average molecular weight is 400 g/mol. The fraction of sp³-hybridized carbons (Fsp3) is 0.120. The SMILES string of the molecule is Cc1ccc(-c2ccc(Cn3cncc3Cc3ccc(C#N)cc3)cc2)cc1.Cl. The number of aromatic nitrogens is 2. The lowest BCUT2D eigenvalue weighted by molar-refractivity contribution is 0.753. The summed E-state index contributed by atoms with van der Waals surface area (Å²) in [6.45, 7) is 2.90. The predicted molar refractivity (Wildman–Crippen MR) is 119 cm³/mol. The van der Waals surface area contributed by atoms with E-state index in [1.807, 2.05) is 36.8 Å². The lowest BCUT2D eigenvalue weighted by Gasteiger charge is -2.10. The Morgan fingerprint density at radius 1 is 0.828 bits per heavy atom. The van der Waals surface area contributed by atoms with Crippen molar-refractivity contribution in [3.05, 3.63) is 113 Å². The van der Waals surface area contributed by atoms with Gasteiger partial charge in [0.25, 0.3) is 0 Å². The van der Waals surface area contributed by atoms with E-state index in [1.165, 1.54) is 27.8 Å². The highest BCUT2D eigenvalue weighted by molar-refractivity contribution is 5.85. The Morgan fingerprint density at radius 2 is 1.41 bits per heavy atom. The van der Waals surface area contributed by atoms with E-state index in [4.69, 9.17) is 5.26 Å². The first-order chi connectivity index (χ1) is 13.7. The van der Waals surface area contributed by atoms with Gasteiger partial charge in [-0.05, 0) is 41.3 Å². The summed E-state index contributed by atoms with van der Waals surface area (Å²) in [7, 11) is 0. The summed E-state index contributed by atoms with van der Waals surface area (Å²) in [4.78, 5) is 4.33. The van der Waals surface area contributed by atoms with Crippen LogP contribution >= 0.6 is 12.4 Å². The van der Waals surface area contributed by atoms with Gasteiger partial charge in [-0.3, -0.25) is 0 Å². The van der Waals surface area contributed by atoms with Gasteiger partial charge in [-0.1, -0.05) is 66.2 Å². The third-order valence-corrected chi connectivity index (χ3v) is 4.96. The summed E-state index contributed by atoms with van der Waals surface area (Å²) in [5.41, 5.74) is 8.01. The third kappa shape index (κ3) is 4.93. The number of aryl methyl sites for hydroxylation is 1. The number of hydrogen-bond donors (Lipinski definition) is 0. The van der Waals surface area contributed by atoms with Gasteiger partial charge in [0.2, 0.25) is 0 Å². The summed E-state index contributed by atoms with van der Waals surface area (Å²) in [5, 5.41) is 8.93. The summed E-state index contributed by atoms with van der Waals surface area (Å²) < 4.78 is 2.18. The fourth-order valence-corrected chi connectivity index (χ4v) is 3.29. The van der Waals surface area contributed by atoms with E-state index in [-0.39, 0.29) is 12.4 Å². The van der Waals surface area contributed by atoms with Crippen LogP contribution in [0.3, 0.4) is 0 Å². The van der Waals surface area contributed by atoms with Crippen molar-refractivity contribution in [3.8, 4) is 17.2 Å². The Hall–Kier alpha value is -3.35. The van der Waals surface area contributed by atoms with Gasteiger partial charge in [0.15, 0.2) is 0 Å². The minimum Gasteiger partial charge on any atom is -0.330 e. The number of hydrogen-bond acceptors (Lipinski definition) is 2. The zero-order valence-electron chi connectivity index (χ0n) is 16.2. The molecular formula is C25H22ClN3. The van der Waals surface area contributed by atoms with Gasteiger partial charge >= 0.3 is 0 Å². The maximum Gasteiger partial charge on any atom is 0.0991 e. The van der Waals surface area contributed by atoms with Crippen LogP contribution < -0.4 is 0 Å². The van der Waals surface area contributed by atoms with E-state index >= 15 is 0 Å². The summed E-state index contributed by atoms with van der Waals surface area (Å²) >= 11 is 0. The van der Waals surface area contributed by atoms with Crippen LogP contribution in [0.15, 0.2) is 85.3 Å². The maximum atomic E-state index is 8.93. The molecule has 0 unspecified atom stereocenters. The van der Waals surface area contributed by atoms with Crippen LogP contribution in [0.4, 0.5) is 0 Å². The maximum absolute atomic E-state index is 8.93. The van der Waals surface area contributed by atoms with Crippen molar-refractivity contribution in [2.75, 3.05) is 0 Å². The number of nitriles is 1. The van der Waals surface area contributed by atoms with E-state index in [9.17, 15) is 0 Å². The molecule has 0 aliphatic carbocycles. The van der Waals surface area contributed by atoms with Crippen molar-refractivity contribution in [2.45, 2.75) is 19.9 Å². The molecule has 3 nitrogen and oxygen atoms in total. The number of imidazole rings is 1. The Bertz CT molecular complexity index is 1100. The fourth-order valence-electron chi connectivity index (χ4n) is 3.29. The average Bonchev–Trinajstić information content (AvgIpc) is 3.16. The van der Waals surface area contributed by atoms with Crippen molar-refractivity contribution < 1.29 is 0 Å². The Kier molecular flexibility index (Phi) is 6.49. The van der Waals surface area contributed by atoms with Gasteiger partial charge in [0.1, 0.15) is 0 Å². The Labute approximate surface area is 177 Å². The second-order valence-corrected chi connectivity index (χ2v) is 7.06. The zero-order chi connectivity index (χ0) is 19.3. The highest BCUT2D eigenvalue weighted by atomic mass is 35.5. The normalized spacial score (nSPS) is 10.2. The van der Waals surface area contributed by atoms with Gasteiger partial charge in [-0.25, -0.2) is 4.98 Å². The van der Waals surface area contributed by atoms with Crippen LogP contribution in [0.5, 0.6) is 0 Å². The van der Waals surface area contributed by atoms with E-state index in [2.05, 4.69) is 71.1 Å². The van der Waals surface area contributed by atoms with Crippen molar-refractivity contribution >= 4 is 12.4 Å². The van der Waals surface area contributed by atoms with Gasteiger partial charge in [-0.2, -0.15) is 5.26 Å². The summed E-state index contributed by atoms with van der Waals surface area (Å²) in [5.74, 6) is 0. The van der Waals surface area contributed by atoms with Gasteiger partial charge < -0.3 is 4.57 Å². The lowest BCUT2D eigenvalue weighted by Crippen LogP contribution is -2.04. The van der Waals surface area contributed by atoms with Crippen LogP contribution in [-0.2, 0) is 13.0 Å². The molecule has 0 radical (unpaired) electrons. The van der Waals surface area contributed by atoms with Gasteiger partial charge in [0.05, 0.1) is 18.0 Å². The zero-order valence-corrected chi connectivity index (χ0v) is 17.1. The van der Waals surface area contributed by atoms with Crippen LogP contribution in [0.1, 0.15) is 27.9 Å². The van der Waals surface area contributed by atoms with Crippen LogP contribution in [-0.4, -0.2) is 9.55 Å². The molecule has 29 heavy (non-hydrogen) atoms. The van der Waals surface area contributed by atoms with Crippen LogP contribution in [0, 0.1) is 18.3 Å². The largest absolute Gasteiger partial charge is 0.330 e. The topological polar surface area (TPSA) is 41.6 Å². The molecule has 0 bridgehead atoms. The van der Waals surface area contributed by atoms with Crippen molar-refractivity contribution in [2.24, 2.45) is 0 Å². The number of benzene rings is 3. The molecule has 0 spiro atoms. The van der Waals surface area contributed by atoms with Crippen molar-refractivity contribution in [3.63, 3.8) is 0 Å². The molecule has 0 N–H and O–H groups in total. The molecule has 4 rings (SSSR count). The molecule has 0 amide bonds. The van der Waals surface area contributed by atoms with E-state index in [1.54, 1.807) is 0 Å². The monoisotopic (exact) mass is 399 g/mol. The Balaban J connectivity index is 0.00000240. The summed E-state index contributed by atoms with van der Waals surface area (Å²) in [6, 6.07) is 27.2. The second-order valence-electron chi connectivity index (χ2n) is 7.06. The number of rotatable bonds is 5. The highest BCUT2D eigenvalue weighted by Crippen LogP contribution is 2.21. The number of nitrogens with zero attached hydrogens (tertiary/aromatic N) is 3. The van der Waals surface area contributed by atoms with Gasteiger partial charge in [-0.15, -0.1) is 12.4 Å². The first-order valence-electron chi connectivity index (χ1n) is 9.35. The van der Waals surface area contributed by atoms with Crippen molar-refractivity contribution in [1.29, 1.82) is 5.26 Å². The molecule has 4 heteroatoms. The molecule has 0 fully saturated rings. The standard InChI is InChI=1S/C25H21N3.ClH/c1-19-2-10-23(11-3-19)24-12-8-22(9-13-24)17-28-18-27-16-25(28)14-20-4-6-21(15-26)7-5-20;/h2-13,16,18H,14,17H2,1H3;1H. The molecular weight excluding hydrogens is 378 g/mol. The van der Waals surface area contributed by atoms with E-state index in [0.717, 1.165) is 18.7 Å². The minimum absolute atomic E-state index is 0. The van der Waals surface area contributed by atoms with Gasteiger partial charge in [0, 0.05) is 24.9 Å². The molecule has 3 aromatic carbocycles. The van der Waals surface area contributed by atoms with E-state index < -0.39 is 0 Å². The molecule has 1 aromatic heterocycles. The predicted octanol–water partition coefficient (Wildman–Crippen LogP) is 5.79. The molecule has 0 aliphatic rings. The molecule has 1 heterocycles. The lowest BCUT2D eigenvalue weighted by atomic mass is 10.0. The van der Waals surface area contributed by atoms with Crippen molar-refractivity contribution in [1.82, 2.24) is 9.55 Å².